The van der Waals surface area contributed by atoms with E-state index in [2.05, 4.69) is 27.4 Å². The monoisotopic (exact) mass is 209 g/mol. The number of benzene rings is 1. The molecule has 0 saturated carbocycles. The lowest BCUT2D eigenvalue weighted by atomic mass is 10.2. The molecule has 1 heterocycles. The Bertz CT molecular complexity index is 410. The summed E-state index contributed by atoms with van der Waals surface area (Å²) in [5.41, 5.74) is 3.33. The Hall–Kier alpha value is -1.06. The van der Waals surface area contributed by atoms with Gasteiger partial charge in [0.2, 0.25) is 0 Å². The van der Waals surface area contributed by atoms with Crippen LogP contribution in [-0.4, -0.2) is 22.4 Å². The van der Waals surface area contributed by atoms with Gasteiger partial charge in [-0.05, 0) is 17.7 Å². The van der Waals surface area contributed by atoms with Crippen LogP contribution in [0.1, 0.15) is 5.56 Å². The highest BCUT2D eigenvalue weighted by Crippen LogP contribution is 2.11. The minimum Gasteiger partial charge on any atom is -0.345 e. The second kappa shape index (κ2) is 4.44. The molecule has 0 radical (unpaired) electrons. The summed E-state index contributed by atoms with van der Waals surface area (Å²) >= 11 is 5.57. The number of halogens is 1. The lowest BCUT2D eigenvalue weighted by Gasteiger charge is -2.02. The van der Waals surface area contributed by atoms with E-state index in [9.17, 15) is 0 Å². The number of nitrogens with one attached hydrogen (secondary N) is 2. The van der Waals surface area contributed by atoms with Gasteiger partial charge in [0, 0.05) is 19.0 Å². The molecular weight excluding hydrogens is 198 g/mol. The number of nitrogens with zero attached hydrogens (tertiary/aromatic N) is 1. The number of hydrogen-bond acceptors (Lipinski definition) is 2. The van der Waals surface area contributed by atoms with Crippen LogP contribution in [0.4, 0.5) is 0 Å². The Labute approximate surface area is 87.5 Å². The summed E-state index contributed by atoms with van der Waals surface area (Å²) in [6, 6.07) is 6.19. The lowest BCUT2D eigenvalue weighted by Crippen LogP contribution is -2.15. The molecule has 0 aliphatic heterocycles. The van der Waals surface area contributed by atoms with Gasteiger partial charge >= 0.3 is 0 Å². The summed E-state index contributed by atoms with van der Waals surface area (Å²) in [5, 5.41) is 3.24. The molecule has 74 valence electrons. The maximum Gasteiger partial charge on any atom is 0.0931 e. The molecular formula is C10H12ClN3. The average molecular weight is 210 g/mol. The molecule has 1 aromatic heterocycles. The van der Waals surface area contributed by atoms with E-state index in [1.807, 2.05) is 6.07 Å². The maximum absolute atomic E-state index is 5.57. The molecule has 4 heteroatoms. The van der Waals surface area contributed by atoms with Crippen molar-refractivity contribution in [3.63, 3.8) is 0 Å². The average Bonchev–Trinajstić information content (AvgIpc) is 2.65. The topological polar surface area (TPSA) is 40.7 Å². The standard InChI is InChI=1S/C10H12ClN3/c11-3-4-12-6-8-1-2-9-10(5-8)14-7-13-9/h1-2,5,7,12H,3-4,6H2,(H,13,14). The second-order valence-corrected chi connectivity index (χ2v) is 3.50. The van der Waals surface area contributed by atoms with Gasteiger partial charge in [-0.15, -0.1) is 11.6 Å². The number of hydrogen-bond donors (Lipinski definition) is 2. The van der Waals surface area contributed by atoms with Gasteiger partial charge in [-0.1, -0.05) is 6.07 Å². The minimum absolute atomic E-state index is 0.645. The van der Waals surface area contributed by atoms with Crippen molar-refractivity contribution >= 4 is 22.6 Å². The Balaban J connectivity index is 2.10. The molecule has 0 aliphatic rings. The molecule has 0 saturated heterocycles. The lowest BCUT2D eigenvalue weighted by molar-refractivity contribution is 0.731. The van der Waals surface area contributed by atoms with E-state index in [0.717, 1.165) is 24.1 Å². The summed E-state index contributed by atoms with van der Waals surface area (Å²) < 4.78 is 0. The fraction of sp³-hybridized carbons (Fsp3) is 0.300. The van der Waals surface area contributed by atoms with Crippen molar-refractivity contribution in [2.75, 3.05) is 12.4 Å². The van der Waals surface area contributed by atoms with Crippen LogP contribution in [0.2, 0.25) is 0 Å². The highest BCUT2D eigenvalue weighted by atomic mass is 35.5. The largest absolute Gasteiger partial charge is 0.345 e. The van der Waals surface area contributed by atoms with Crippen molar-refractivity contribution < 1.29 is 0 Å². The zero-order chi connectivity index (χ0) is 9.80. The Morgan fingerprint density at radius 3 is 3.21 bits per heavy atom. The summed E-state index contributed by atoms with van der Waals surface area (Å²) in [6.07, 6.45) is 1.71. The number of imidazole rings is 1. The van der Waals surface area contributed by atoms with Gasteiger partial charge in [-0.2, -0.15) is 0 Å². The van der Waals surface area contributed by atoms with Gasteiger partial charge in [0.15, 0.2) is 0 Å². The molecule has 0 amide bonds. The van der Waals surface area contributed by atoms with Gasteiger partial charge in [0.05, 0.1) is 17.4 Å². The predicted molar refractivity (Wildman–Crippen MR) is 58.5 cm³/mol. The quantitative estimate of drug-likeness (QED) is 0.597. The maximum atomic E-state index is 5.57. The van der Waals surface area contributed by atoms with Crippen molar-refractivity contribution in [2.24, 2.45) is 0 Å². The number of aromatic amines is 1. The van der Waals surface area contributed by atoms with E-state index < -0.39 is 0 Å². The van der Waals surface area contributed by atoms with Crippen molar-refractivity contribution in [2.45, 2.75) is 6.54 Å². The van der Waals surface area contributed by atoms with Crippen LogP contribution in [0, 0.1) is 0 Å². The van der Waals surface area contributed by atoms with Crippen molar-refractivity contribution in [3.05, 3.63) is 30.1 Å². The first-order chi connectivity index (χ1) is 6.90. The van der Waals surface area contributed by atoms with Gasteiger partial charge in [0.1, 0.15) is 0 Å². The molecule has 0 spiro atoms. The third kappa shape index (κ3) is 2.05. The van der Waals surface area contributed by atoms with Crippen LogP contribution in [0.25, 0.3) is 11.0 Å². The summed E-state index contributed by atoms with van der Waals surface area (Å²) in [7, 11) is 0. The fourth-order valence-corrected chi connectivity index (χ4v) is 1.53. The molecule has 2 aromatic rings. The minimum atomic E-state index is 0.645. The second-order valence-electron chi connectivity index (χ2n) is 3.12. The molecule has 1 aromatic carbocycles. The zero-order valence-electron chi connectivity index (χ0n) is 7.76. The molecule has 2 rings (SSSR count). The van der Waals surface area contributed by atoms with Gasteiger partial charge in [-0.3, -0.25) is 0 Å². The molecule has 0 fully saturated rings. The third-order valence-electron chi connectivity index (χ3n) is 2.09. The fourth-order valence-electron chi connectivity index (χ4n) is 1.39. The van der Waals surface area contributed by atoms with Crippen LogP contribution in [0.5, 0.6) is 0 Å². The highest BCUT2D eigenvalue weighted by Gasteiger charge is 1.97. The number of H-pyrrole nitrogens is 1. The number of aromatic nitrogens is 2. The molecule has 0 aliphatic carbocycles. The smallest absolute Gasteiger partial charge is 0.0931 e. The van der Waals surface area contributed by atoms with E-state index in [0.29, 0.717) is 5.88 Å². The van der Waals surface area contributed by atoms with Crippen LogP contribution >= 0.6 is 11.6 Å². The predicted octanol–water partition coefficient (Wildman–Crippen LogP) is 1.89. The van der Waals surface area contributed by atoms with Gasteiger partial charge < -0.3 is 10.3 Å². The summed E-state index contributed by atoms with van der Waals surface area (Å²) in [6.45, 7) is 1.68. The molecule has 3 nitrogen and oxygen atoms in total. The number of alkyl halides is 1. The van der Waals surface area contributed by atoms with Crippen LogP contribution in [0.15, 0.2) is 24.5 Å². The van der Waals surface area contributed by atoms with E-state index in [1.165, 1.54) is 5.56 Å². The van der Waals surface area contributed by atoms with Crippen LogP contribution in [-0.2, 0) is 6.54 Å². The summed E-state index contributed by atoms with van der Waals surface area (Å²) in [5.74, 6) is 0.645. The van der Waals surface area contributed by atoms with Crippen LogP contribution < -0.4 is 5.32 Å². The normalized spacial score (nSPS) is 10.9. The number of fused-ring (bicyclic) bond motifs is 1. The zero-order valence-corrected chi connectivity index (χ0v) is 8.51. The highest BCUT2D eigenvalue weighted by molar-refractivity contribution is 6.18. The molecule has 0 unspecified atom stereocenters. The first kappa shape index (κ1) is 9.49. The van der Waals surface area contributed by atoms with Gasteiger partial charge in [-0.25, -0.2) is 4.98 Å². The van der Waals surface area contributed by atoms with Crippen LogP contribution in [0.3, 0.4) is 0 Å². The van der Waals surface area contributed by atoms with Crippen molar-refractivity contribution in [1.82, 2.24) is 15.3 Å². The Kier molecular flexibility index (Phi) is 3.01. The molecule has 0 bridgehead atoms. The molecule has 14 heavy (non-hydrogen) atoms. The third-order valence-corrected chi connectivity index (χ3v) is 2.27. The molecule has 2 N–H and O–H groups in total. The van der Waals surface area contributed by atoms with E-state index >= 15 is 0 Å². The van der Waals surface area contributed by atoms with Crippen molar-refractivity contribution in [1.29, 1.82) is 0 Å². The first-order valence-electron chi connectivity index (χ1n) is 4.59. The molecule has 0 atom stereocenters. The Morgan fingerprint density at radius 1 is 1.43 bits per heavy atom. The van der Waals surface area contributed by atoms with Crippen molar-refractivity contribution in [3.8, 4) is 0 Å². The number of rotatable bonds is 4. The Morgan fingerprint density at radius 2 is 2.36 bits per heavy atom. The first-order valence-corrected chi connectivity index (χ1v) is 5.12. The SMILES string of the molecule is ClCCNCc1ccc2nc[nH]c2c1. The van der Waals surface area contributed by atoms with E-state index in [1.54, 1.807) is 6.33 Å². The van der Waals surface area contributed by atoms with Gasteiger partial charge in [0.25, 0.3) is 0 Å². The van der Waals surface area contributed by atoms with E-state index in [-0.39, 0.29) is 0 Å². The summed E-state index contributed by atoms with van der Waals surface area (Å²) in [4.78, 5) is 7.24. The van der Waals surface area contributed by atoms with E-state index in [4.69, 9.17) is 11.6 Å².